The van der Waals surface area contributed by atoms with Crippen LogP contribution in [0.4, 0.5) is 0 Å². The summed E-state index contributed by atoms with van der Waals surface area (Å²) in [4.78, 5) is 0. The van der Waals surface area contributed by atoms with Gasteiger partial charge in [0.1, 0.15) is 5.75 Å². The fraction of sp³-hybridized carbons (Fsp3) is 0.600. The van der Waals surface area contributed by atoms with E-state index in [4.69, 9.17) is 0 Å². The Kier molecular flexibility index (Phi) is 5.63. The van der Waals surface area contributed by atoms with Gasteiger partial charge in [0.25, 0.3) is 0 Å². The van der Waals surface area contributed by atoms with Crippen molar-refractivity contribution in [3.63, 3.8) is 0 Å². The maximum absolute atomic E-state index is 9.85. The fourth-order valence-corrected chi connectivity index (χ4v) is 2.34. The second kappa shape index (κ2) is 6.76. The minimum atomic E-state index is -0.669. The normalized spacial score (nSPS) is 14.5. The van der Waals surface area contributed by atoms with Gasteiger partial charge < -0.3 is 15.3 Å². The quantitative estimate of drug-likeness (QED) is 0.729. The number of aliphatic hydroxyl groups excluding tert-OH is 2. The minimum Gasteiger partial charge on any atom is -0.508 e. The highest BCUT2D eigenvalue weighted by atomic mass is 16.3. The van der Waals surface area contributed by atoms with Crippen LogP contribution in [0.15, 0.2) is 12.1 Å². The van der Waals surface area contributed by atoms with Gasteiger partial charge in [-0.15, -0.1) is 0 Å². The maximum Gasteiger partial charge on any atom is 0.116 e. The lowest BCUT2D eigenvalue weighted by Gasteiger charge is -2.18. The van der Waals surface area contributed by atoms with Crippen LogP contribution in [0, 0.1) is 13.8 Å². The monoisotopic (exact) mass is 252 g/mol. The smallest absolute Gasteiger partial charge is 0.116 e. The van der Waals surface area contributed by atoms with Crippen molar-refractivity contribution in [2.24, 2.45) is 0 Å². The Hall–Kier alpha value is -1.06. The molecule has 0 bridgehead atoms. The molecule has 3 nitrogen and oxygen atoms in total. The van der Waals surface area contributed by atoms with Crippen LogP contribution in [-0.2, 0) is 6.42 Å². The molecule has 0 saturated heterocycles. The fourth-order valence-electron chi connectivity index (χ4n) is 2.34. The highest BCUT2D eigenvalue weighted by molar-refractivity contribution is 5.40. The Balaban J connectivity index is 2.63. The van der Waals surface area contributed by atoms with E-state index in [0.717, 1.165) is 29.5 Å². The Bertz CT molecular complexity index is 364. The molecule has 1 aromatic rings. The number of aliphatic hydroxyl groups is 2. The number of rotatable bonds is 6. The van der Waals surface area contributed by atoms with Gasteiger partial charge in [0.2, 0.25) is 0 Å². The van der Waals surface area contributed by atoms with Crippen LogP contribution in [0.3, 0.4) is 0 Å². The van der Waals surface area contributed by atoms with Crippen LogP contribution in [-0.4, -0.2) is 27.5 Å². The summed E-state index contributed by atoms with van der Waals surface area (Å²) in [7, 11) is 0. The first-order valence-corrected chi connectivity index (χ1v) is 6.61. The van der Waals surface area contributed by atoms with Gasteiger partial charge >= 0.3 is 0 Å². The second-order valence-corrected chi connectivity index (χ2v) is 5.02. The van der Waals surface area contributed by atoms with Crippen LogP contribution in [0.5, 0.6) is 5.75 Å². The van der Waals surface area contributed by atoms with Crippen LogP contribution >= 0.6 is 0 Å². The number of phenols is 1. The summed E-state index contributed by atoms with van der Waals surface area (Å²) in [5, 5.41) is 29.0. The van der Waals surface area contributed by atoms with Gasteiger partial charge in [0.05, 0.1) is 12.2 Å². The molecule has 0 aliphatic rings. The lowest BCUT2D eigenvalue weighted by atomic mass is 9.95. The third kappa shape index (κ3) is 4.00. The van der Waals surface area contributed by atoms with Crippen molar-refractivity contribution < 1.29 is 15.3 Å². The third-order valence-corrected chi connectivity index (χ3v) is 3.40. The Morgan fingerprint density at radius 1 is 1.00 bits per heavy atom. The molecule has 0 saturated carbocycles. The standard InChI is InChI=1S/C15H24O3/c1-4-5-14(17)15(18)7-6-13-10(2)8-12(16)9-11(13)3/h8-9,14-18H,4-7H2,1-3H3. The van der Waals surface area contributed by atoms with E-state index < -0.39 is 12.2 Å². The number of phenolic OH excluding ortho intramolecular Hbond substituents is 1. The van der Waals surface area contributed by atoms with Gasteiger partial charge in [-0.05, 0) is 61.9 Å². The van der Waals surface area contributed by atoms with Crippen LogP contribution in [0.25, 0.3) is 0 Å². The zero-order chi connectivity index (χ0) is 13.7. The molecule has 0 fully saturated rings. The molecule has 1 aromatic carbocycles. The molecule has 2 atom stereocenters. The Labute approximate surface area is 109 Å². The number of hydrogen-bond donors (Lipinski definition) is 3. The summed E-state index contributed by atoms with van der Waals surface area (Å²) < 4.78 is 0. The van der Waals surface area contributed by atoms with Crippen molar-refractivity contribution in [3.05, 3.63) is 28.8 Å². The average Bonchev–Trinajstić information content (AvgIpc) is 2.27. The van der Waals surface area contributed by atoms with E-state index in [1.165, 1.54) is 0 Å². The molecule has 0 heterocycles. The number of aryl methyl sites for hydroxylation is 2. The number of hydrogen-bond acceptors (Lipinski definition) is 3. The predicted octanol–water partition coefficient (Wildman–Crippen LogP) is 2.46. The number of benzene rings is 1. The second-order valence-electron chi connectivity index (χ2n) is 5.02. The molecule has 3 N–H and O–H groups in total. The highest BCUT2D eigenvalue weighted by Gasteiger charge is 2.16. The van der Waals surface area contributed by atoms with Crippen LogP contribution < -0.4 is 0 Å². The van der Waals surface area contributed by atoms with E-state index in [-0.39, 0.29) is 5.75 Å². The van der Waals surface area contributed by atoms with Crippen molar-refractivity contribution in [3.8, 4) is 5.75 Å². The molecule has 102 valence electrons. The van der Waals surface area contributed by atoms with Gasteiger partial charge in [0, 0.05) is 0 Å². The molecule has 0 amide bonds. The zero-order valence-corrected chi connectivity index (χ0v) is 11.5. The molecular weight excluding hydrogens is 228 g/mol. The molecule has 0 aliphatic carbocycles. The van der Waals surface area contributed by atoms with Gasteiger partial charge in [-0.1, -0.05) is 13.3 Å². The molecular formula is C15H24O3. The Morgan fingerprint density at radius 3 is 2.00 bits per heavy atom. The van der Waals surface area contributed by atoms with Gasteiger partial charge in [-0.3, -0.25) is 0 Å². The topological polar surface area (TPSA) is 60.7 Å². The Morgan fingerprint density at radius 2 is 1.50 bits per heavy atom. The molecule has 0 spiro atoms. The van der Waals surface area contributed by atoms with E-state index in [9.17, 15) is 15.3 Å². The molecule has 1 rings (SSSR count). The van der Waals surface area contributed by atoms with E-state index in [0.29, 0.717) is 12.8 Å². The SMILES string of the molecule is CCCC(O)C(O)CCc1c(C)cc(O)cc1C. The maximum atomic E-state index is 9.85. The third-order valence-electron chi connectivity index (χ3n) is 3.40. The van der Waals surface area contributed by atoms with E-state index in [1.54, 1.807) is 12.1 Å². The minimum absolute atomic E-state index is 0.278. The molecule has 18 heavy (non-hydrogen) atoms. The summed E-state index contributed by atoms with van der Waals surface area (Å²) in [5.74, 6) is 0.278. The van der Waals surface area contributed by atoms with Gasteiger partial charge in [-0.2, -0.15) is 0 Å². The van der Waals surface area contributed by atoms with Crippen molar-refractivity contribution in [2.45, 2.75) is 58.7 Å². The summed E-state index contributed by atoms with van der Waals surface area (Å²) in [5.41, 5.74) is 3.21. The van der Waals surface area contributed by atoms with Gasteiger partial charge in [0.15, 0.2) is 0 Å². The van der Waals surface area contributed by atoms with Crippen molar-refractivity contribution in [1.82, 2.24) is 0 Å². The summed E-state index contributed by atoms with van der Waals surface area (Å²) in [6.45, 7) is 5.90. The highest BCUT2D eigenvalue weighted by Crippen LogP contribution is 2.23. The predicted molar refractivity (Wildman–Crippen MR) is 72.8 cm³/mol. The van der Waals surface area contributed by atoms with Crippen molar-refractivity contribution in [2.75, 3.05) is 0 Å². The zero-order valence-electron chi connectivity index (χ0n) is 11.5. The summed E-state index contributed by atoms with van der Waals surface area (Å²) in [6, 6.07) is 3.47. The lowest BCUT2D eigenvalue weighted by Crippen LogP contribution is -2.26. The molecule has 0 aromatic heterocycles. The molecule has 0 radical (unpaired) electrons. The van der Waals surface area contributed by atoms with Crippen molar-refractivity contribution in [1.29, 1.82) is 0 Å². The molecule has 0 aliphatic heterocycles. The van der Waals surface area contributed by atoms with Crippen LogP contribution in [0.1, 0.15) is 42.9 Å². The van der Waals surface area contributed by atoms with Crippen molar-refractivity contribution >= 4 is 0 Å². The van der Waals surface area contributed by atoms with E-state index in [2.05, 4.69) is 0 Å². The summed E-state index contributed by atoms with van der Waals surface area (Å²) in [6.07, 6.45) is 1.47. The van der Waals surface area contributed by atoms with E-state index in [1.807, 2.05) is 20.8 Å². The lowest BCUT2D eigenvalue weighted by molar-refractivity contribution is 0.00977. The first kappa shape index (κ1) is 15.0. The van der Waals surface area contributed by atoms with Crippen LogP contribution in [0.2, 0.25) is 0 Å². The van der Waals surface area contributed by atoms with E-state index >= 15 is 0 Å². The first-order valence-electron chi connectivity index (χ1n) is 6.61. The first-order chi connectivity index (χ1) is 8.45. The summed E-state index contributed by atoms with van der Waals surface area (Å²) >= 11 is 0. The number of aromatic hydroxyl groups is 1. The average molecular weight is 252 g/mol. The molecule has 2 unspecified atom stereocenters. The molecule has 3 heteroatoms. The largest absolute Gasteiger partial charge is 0.508 e. The van der Waals surface area contributed by atoms with Gasteiger partial charge in [-0.25, -0.2) is 0 Å².